The fraction of sp³-hybridized carbons (Fsp3) is 0. The molecule has 0 unspecified atom stereocenters. The van der Waals surface area contributed by atoms with E-state index in [0.29, 0.717) is 0 Å². The Labute approximate surface area is 50.8 Å². The fourth-order valence-electron chi connectivity index (χ4n) is 0. The molecule has 0 N–H and O–H groups in total. The van der Waals surface area contributed by atoms with Gasteiger partial charge in [-0.25, -0.2) is 0 Å². The Balaban J connectivity index is 0. The lowest BCUT2D eigenvalue weighted by atomic mass is 11.8. The highest BCUT2D eigenvalue weighted by Crippen LogP contribution is 1.76. The summed E-state index contributed by atoms with van der Waals surface area (Å²) in [6, 6.07) is 0. The van der Waals surface area contributed by atoms with E-state index in [9.17, 15) is 4.39 Å². The Bertz CT molecular complexity index is 110. The summed E-state index contributed by atoms with van der Waals surface area (Å²) in [5.74, 6) is 0. The van der Waals surface area contributed by atoms with Crippen LogP contribution in [0.5, 0.6) is 0 Å². The first-order valence-electron chi connectivity index (χ1n) is 1.04. The first kappa shape index (κ1) is 10.8. The van der Waals surface area contributed by atoms with Gasteiger partial charge in [-0.05, 0) is 0 Å². The van der Waals surface area contributed by atoms with Crippen molar-refractivity contribution in [3.05, 3.63) is 6.13 Å². The molecule has 0 saturated carbocycles. The molecule has 0 aliphatic heterocycles. The molecule has 0 aliphatic rings. The van der Waals surface area contributed by atoms with Crippen LogP contribution in [0.3, 0.4) is 0 Å². The van der Waals surface area contributed by atoms with Crippen LogP contribution in [0.25, 0.3) is 0 Å². The lowest BCUT2D eigenvalue weighted by Crippen LogP contribution is -1.91. The van der Waals surface area contributed by atoms with Gasteiger partial charge in [0, 0.05) is 10.4 Å². The maximum atomic E-state index is 9.81. The Kier molecular flexibility index (Phi) is 6.76. The summed E-state index contributed by atoms with van der Waals surface area (Å²) in [5, 5.41) is 0. The summed E-state index contributed by atoms with van der Waals surface area (Å²) in [7, 11) is -5.17. The Morgan fingerprint density at radius 3 is 1.50 bits per heavy atom. The zero-order valence-electron chi connectivity index (χ0n) is 3.30. The van der Waals surface area contributed by atoms with E-state index in [1.165, 1.54) is 0 Å². The van der Waals surface area contributed by atoms with E-state index in [1.807, 2.05) is 0 Å². The fourth-order valence-corrected chi connectivity index (χ4v) is 0. The van der Waals surface area contributed by atoms with E-state index in [4.69, 9.17) is 17.5 Å². The molecule has 0 heterocycles. The lowest BCUT2D eigenvalue weighted by molar-refractivity contribution is 0.352. The highest BCUT2D eigenvalue weighted by atomic mass is 35.5. The summed E-state index contributed by atoms with van der Waals surface area (Å²) < 4.78 is 43.9. The summed E-state index contributed by atoms with van der Waals surface area (Å²) in [6.45, 7) is 0. The minimum absolute atomic E-state index is 0.722. The van der Waals surface area contributed by atoms with Crippen LogP contribution in [0, 0.1) is 6.13 Å². The molecule has 48 valence electrons. The van der Waals surface area contributed by atoms with Crippen molar-refractivity contribution in [1.82, 2.24) is 0 Å². The normalized spacial score (nSPS) is 8.50. The van der Waals surface area contributed by atoms with Gasteiger partial charge >= 0.3 is 22.1 Å². The largest absolute Gasteiger partial charge is 1.05 e. The van der Waals surface area contributed by atoms with Gasteiger partial charge in [-0.3, -0.25) is 8.42 Å². The van der Waals surface area contributed by atoms with Crippen LogP contribution in [-0.2, 0) is 10.4 Å². The summed E-state index contributed by atoms with van der Waals surface area (Å²) >= 11 is 4.08. The number of hydrogen-bond acceptors (Lipinski definition) is 4. The van der Waals surface area contributed by atoms with Gasteiger partial charge in [0.25, 0.3) is 0 Å². The van der Waals surface area contributed by atoms with Crippen molar-refractivity contribution in [3.63, 3.8) is 0 Å². The van der Waals surface area contributed by atoms with Crippen LogP contribution >= 0.6 is 11.6 Å². The average Bonchev–Trinajstić information content (AvgIpc) is 1.27. The van der Waals surface area contributed by atoms with Crippen molar-refractivity contribution < 1.29 is 21.9 Å². The third-order valence-electron chi connectivity index (χ3n) is 0. The van der Waals surface area contributed by atoms with Gasteiger partial charge in [-0.15, -0.1) is 0 Å². The van der Waals surface area contributed by atoms with Gasteiger partial charge in [0.15, 0.2) is 0 Å². The molecule has 0 aromatic rings. The Hall–Kier alpha value is -0.130. The first-order valence-corrected chi connectivity index (χ1v) is 2.76. The third kappa shape index (κ3) is 8240. The van der Waals surface area contributed by atoms with E-state index >= 15 is 0 Å². The molecule has 0 aromatic heterocycles. The van der Waals surface area contributed by atoms with Gasteiger partial charge in [0.1, 0.15) is 0 Å². The molecule has 0 aromatic carbocycles. The highest BCUT2D eigenvalue weighted by molar-refractivity contribution is 7.79. The molecule has 7 heteroatoms. The van der Waals surface area contributed by atoms with Gasteiger partial charge in [-0.1, -0.05) is 0 Å². The van der Waals surface area contributed by atoms with Crippen LogP contribution in [0.1, 0.15) is 0 Å². The predicted molar refractivity (Wildman–Crippen MR) is 20.7 cm³/mol. The molecule has 0 aliphatic carbocycles. The monoisotopic (exact) mass is 162 g/mol. The second-order valence-corrected chi connectivity index (χ2v) is 1.44. The molecule has 4 nitrogen and oxygen atoms in total. The van der Waals surface area contributed by atoms with Crippen LogP contribution in [0.15, 0.2) is 0 Å². The second kappa shape index (κ2) is 5.02. The zero-order chi connectivity index (χ0) is 7.21. The van der Waals surface area contributed by atoms with E-state index in [0.717, 1.165) is 6.13 Å². The summed E-state index contributed by atoms with van der Waals surface area (Å²) in [4.78, 5) is 0. The predicted octanol–water partition coefficient (Wildman–Crippen LogP) is -0.147. The van der Waals surface area contributed by atoms with Crippen LogP contribution < -0.4 is 0 Å². The van der Waals surface area contributed by atoms with Crippen molar-refractivity contribution in [2.24, 2.45) is 0 Å². The number of halogens is 2. The molecule has 0 atom stereocenters. The van der Waals surface area contributed by atoms with Gasteiger partial charge < -0.3 is 9.11 Å². The molecule has 8 heavy (non-hydrogen) atoms. The minimum atomic E-state index is -5.17. The maximum absolute atomic E-state index is 9.81. The molecule has 0 bridgehead atoms. The molecule has 0 amide bonds. The van der Waals surface area contributed by atoms with E-state index < -0.39 is 10.4 Å². The first-order chi connectivity index (χ1) is 3.41. The topological polar surface area (TPSA) is 80.3 Å². The van der Waals surface area contributed by atoms with Crippen molar-refractivity contribution in [1.29, 1.82) is 0 Å². The number of hydrogen-bond donors (Lipinski definition) is 0. The molecule has 0 fully saturated rings. The smallest absolute Gasteiger partial charge is 0.759 e. The van der Waals surface area contributed by atoms with Crippen molar-refractivity contribution in [2.45, 2.75) is 0 Å². The summed E-state index contributed by atoms with van der Waals surface area (Å²) in [6.07, 6.45) is 0.722. The van der Waals surface area contributed by atoms with Gasteiger partial charge in [0.05, 0.1) is 0 Å². The average molecular weight is 163 g/mol. The molecule has 0 saturated heterocycles. The maximum Gasteiger partial charge on any atom is 1.05 e. The molecule has 0 spiro atoms. The molecule has 0 radical (unpaired) electrons. The van der Waals surface area contributed by atoms with Crippen LogP contribution in [0.2, 0.25) is 0 Å². The van der Waals surface area contributed by atoms with Crippen molar-refractivity contribution >= 4 is 22.0 Å². The van der Waals surface area contributed by atoms with Crippen LogP contribution in [-0.4, -0.2) is 17.5 Å². The van der Waals surface area contributed by atoms with Crippen molar-refractivity contribution in [3.8, 4) is 0 Å². The van der Waals surface area contributed by atoms with Crippen molar-refractivity contribution in [2.75, 3.05) is 0 Å². The molecular weight excluding hydrogens is 163 g/mol. The SMILES string of the molecule is F[C+2]Cl.O=S(=O)([O-])[O-]. The summed E-state index contributed by atoms with van der Waals surface area (Å²) in [5.41, 5.74) is 0. The highest BCUT2D eigenvalue weighted by Gasteiger charge is 2.21. The van der Waals surface area contributed by atoms with Gasteiger partial charge in [0.2, 0.25) is 0 Å². The standard InChI is InChI=1S/CClF.H2O4S/c2-1-3;1-5(2,3)4/h;(H2,1,2,3,4)/q+2;/p-2. The van der Waals surface area contributed by atoms with E-state index in [2.05, 4.69) is 11.6 Å². The second-order valence-electron chi connectivity index (χ2n) is 0.480. The Morgan fingerprint density at radius 2 is 1.50 bits per heavy atom. The Morgan fingerprint density at radius 1 is 1.50 bits per heavy atom. The van der Waals surface area contributed by atoms with E-state index in [1.54, 1.807) is 0 Å². The zero-order valence-corrected chi connectivity index (χ0v) is 4.87. The number of rotatable bonds is 0. The third-order valence-corrected chi connectivity index (χ3v) is 0. The van der Waals surface area contributed by atoms with Gasteiger partial charge in [-0.2, -0.15) is 0 Å². The molecule has 0 rings (SSSR count). The minimum Gasteiger partial charge on any atom is -0.759 e. The quantitative estimate of drug-likeness (QED) is 0.367. The van der Waals surface area contributed by atoms with Crippen LogP contribution in [0.4, 0.5) is 4.39 Å². The molecular formula is CClFO4S. The van der Waals surface area contributed by atoms with E-state index in [-0.39, 0.29) is 0 Å². The lowest BCUT2D eigenvalue weighted by Gasteiger charge is -2.06.